The molecule has 7 heteroatoms. The van der Waals surface area contributed by atoms with Gasteiger partial charge in [0.1, 0.15) is 6.61 Å². The van der Waals surface area contributed by atoms with Crippen LogP contribution in [0.3, 0.4) is 0 Å². The minimum atomic E-state index is -1.06. The van der Waals surface area contributed by atoms with E-state index in [-0.39, 0.29) is 12.5 Å². The second-order valence-corrected chi connectivity index (χ2v) is 5.69. The first kappa shape index (κ1) is 20.0. The van der Waals surface area contributed by atoms with E-state index in [1.54, 1.807) is 31.2 Å². The van der Waals surface area contributed by atoms with Gasteiger partial charge in [0.05, 0.1) is 7.11 Å². The molecular weight excluding hydrogens is 348 g/mol. The number of benzene rings is 2. The first-order valence-corrected chi connectivity index (χ1v) is 8.48. The van der Waals surface area contributed by atoms with Gasteiger partial charge in [-0.3, -0.25) is 4.79 Å². The molecule has 0 bridgehead atoms. The largest absolute Gasteiger partial charge is 0.467 e. The van der Waals surface area contributed by atoms with E-state index in [4.69, 9.17) is 9.47 Å². The van der Waals surface area contributed by atoms with Gasteiger partial charge in [0.25, 0.3) is 0 Å². The molecule has 0 fully saturated rings. The number of carbonyl (C=O) groups excluding carboxylic acids is 3. The average molecular weight is 370 g/mol. The number of alkyl carbamates (subject to hydrolysis) is 1. The van der Waals surface area contributed by atoms with Crippen LogP contribution in [-0.4, -0.2) is 25.1 Å². The number of hydrogen-bond acceptors (Lipinski definition) is 5. The summed E-state index contributed by atoms with van der Waals surface area (Å²) in [6.07, 6.45) is -0.424. The Labute approximate surface area is 157 Å². The summed E-state index contributed by atoms with van der Waals surface area (Å²) < 4.78 is 9.94. The Kier molecular flexibility index (Phi) is 7.37. The van der Waals surface area contributed by atoms with E-state index in [1.165, 1.54) is 7.11 Å². The van der Waals surface area contributed by atoms with Crippen molar-refractivity contribution in [1.82, 2.24) is 5.32 Å². The minimum absolute atomic E-state index is 0.0766. The summed E-state index contributed by atoms with van der Waals surface area (Å²) in [6.45, 7) is 1.81. The van der Waals surface area contributed by atoms with Gasteiger partial charge in [0.2, 0.25) is 5.91 Å². The van der Waals surface area contributed by atoms with Crippen molar-refractivity contribution >= 4 is 23.7 Å². The molecule has 7 nitrogen and oxygen atoms in total. The highest BCUT2D eigenvalue weighted by atomic mass is 16.6. The van der Waals surface area contributed by atoms with Crippen molar-refractivity contribution in [1.29, 1.82) is 0 Å². The molecule has 0 aliphatic heterocycles. The Balaban J connectivity index is 2.08. The van der Waals surface area contributed by atoms with Crippen LogP contribution in [0.4, 0.5) is 10.5 Å². The van der Waals surface area contributed by atoms with Crippen LogP contribution in [0.5, 0.6) is 0 Å². The van der Waals surface area contributed by atoms with Crippen LogP contribution in [0.1, 0.15) is 30.5 Å². The van der Waals surface area contributed by atoms with Gasteiger partial charge in [-0.25, -0.2) is 9.59 Å². The monoisotopic (exact) mass is 370 g/mol. The predicted molar refractivity (Wildman–Crippen MR) is 99.9 cm³/mol. The zero-order chi connectivity index (χ0) is 19.6. The molecule has 0 heterocycles. The standard InChI is InChI=1S/C20H22N2O5/c1-3-17(23)21-16-11-7-10-15(12-16)18(19(24)26-2)22-20(25)27-13-14-8-5-4-6-9-14/h4-12,18H,3,13H2,1-2H3,(H,21,23)(H,22,25)/t18-/m1/s1. The van der Waals surface area contributed by atoms with Crippen molar-refractivity contribution in [3.05, 3.63) is 65.7 Å². The maximum atomic E-state index is 12.1. The second kappa shape index (κ2) is 9.96. The number of nitrogens with one attached hydrogen (secondary N) is 2. The molecule has 0 saturated carbocycles. The molecule has 2 rings (SSSR count). The molecule has 0 saturated heterocycles. The molecule has 2 amide bonds. The normalized spacial score (nSPS) is 11.2. The summed E-state index contributed by atoms with van der Waals surface area (Å²) >= 11 is 0. The maximum Gasteiger partial charge on any atom is 0.408 e. The van der Waals surface area contributed by atoms with Gasteiger partial charge in [-0.1, -0.05) is 49.4 Å². The lowest BCUT2D eigenvalue weighted by Crippen LogP contribution is -2.35. The lowest BCUT2D eigenvalue weighted by atomic mass is 10.1. The lowest BCUT2D eigenvalue weighted by Gasteiger charge is -2.17. The van der Waals surface area contributed by atoms with Crippen molar-refractivity contribution < 1.29 is 23.9 Å². The number of methoxy groups -OCH3 is 1. The van der Waals surface area contributed by atoms with Gasteiger partial charge in [-0.05, 0) is 23.3 Å². The third-order valence-corrected chi connectivity index (χ3v) is 3.74. The van der Waals surface area contributed by atoms with E-state index >= 15 is 0 Å². The van der Waals surface area contributed by atoms with Crippen molar-refractivity contribution in [2.45, 2.75) is 26.0 Å². The van der Waals surface area contributed by atoms with E-state index in [0.717, 1.165) is 5.56 Å². The Bertz CT molecular complexity index is 792. The number of hydrogen-bond donors (Lipinski definition) is 2. The van der Waals surface area contributed by atoms with Crippen molar-refractivity contribution in [2.75, 3.05) is 12.4 Å². The number of ether oxygens (including phenoxy) is 2. The van der Waals surface area contributed by atoms with Crippen LogP contribution in [0, 0.1) is 0 Å². The average Bonchev–Trinajstić information content (AvgIpc) is 2.70. The number of carbonyl (C=O) groups is 3. The molecule has 2 aromatic carbocycles. The van der Waals surface area contributed by atoms with E-state index in [0.29, 0.717) is 17.7 Å². The molecule has 0 spiro atoms. The highest BCUT2D eigenvalue weighted by Gasteiger charge is 2.24. The van der Waals surface area contributed by atoms with Crippen molar-refractivity contribution in [3.8, 4) is 0 Å². The molecule has 2 N–H and O–H groups in total. The van der Waals surface area contributed by atoms with Crippen LogP contribution < -0.4 is 10.6 Å². The Morgan fingerprint density at radius 1 is 1.04 bits per heavy atom. The van der Waals surface area contributed by atoms with Crippen LogP contribution in [0.15, 0.2) is 54.6 Å². The molecular formula is C20H22N2O5. The third kappa shape index (κ3) is 6.14. The van der Waals surface area contributed by atoms with Crippen LogP contribution in [0.2, 0.25) is 0 Å². The summed E-state index contributed by atoms with van der Waals surface area (Å²) in [4.78, 5) is 35.8. The first-order chi connectivity index (χ1) is 13.0. The molecule has 0 radical (unpaired) electrons. The highest BCUT2D eigenvalue weighted by molar-refractivity contribution is 5.91. The smallest absolute Gasteiger partial charge is 0.408 e. The van der Waals surface area contributed by atoms with Gasteiger partial charge in [-0.2, -0.15) is 0 Å². The van der Waals surface area contributed by atoms with E-state index in [1.807, 2.05) is 30.3 Å². The van der Waals surface area contributed by atoms with Gasteiger partial charge in [0.15, 0.2) is 6.04 Å². The van der Waals surface area contributed by atoms with Crippen LogP contribution in [-0.2, 0) is 25.7 Å². The van der Waals surface area contributed by atoms with Crippen LogP contribution >= 0.6 is 0 Å². The van der Waals surface area contributed by atoms with Crippen LogP contribution in [0.25, 0.3) is 0 Å². The van der Waals surface area contributed by atoms with Gasteiger partial charge >= 0.3 is 12.1 Å². The number of esters is 1. The summed E-state index contributed by atoms with van der Waals surface area (Å²) in [5, 5.41) is 5.21. The number of amides is 2. The fraction of sp³-hybridized carbons (Fsp3) is 0.250. The molecule has 0 aromatic heterocycles. The fourth-order valence-corrected chi connectivity index (χ4v) is 2.32. The Morgan fingerprint density at radius 2 is 1.78 bits per heavy atom. The van der Waals surface area contributed by atoms with E-state index in [9.17, 15) is 14.4 Å². The van der Waals surface area contributed by atoms with E-state index in [2.05, 4.69) is 10.6 Å². The summed E-state index contributed by atoms with van der Waals surface area (Å²) in [5.74, 6) is -0.803. The molecule has 0 aliphatic rings. The first-order valence-electron chi connectivity index (χ1n) is 8.48. The van der Waals surface area contributed by atoms with E-state index < -0.39 is 18.1 Å². The quantitative estimate of drug-likeness (QED) is 0.730. The fourth-order valence-electron chi connectivity index (χ4n) is 2.32. The summed E-state index contributed by atoms with van der Waals surface area (Å²) in [5.41, 5.74) is 1.81. The summed E-state index contributed by atoms with van der Waals surface area (Å²) in [7, 11) is 1.23. The number of rotatable bonds is 7. The minimum Gasteiger partial charge on any atom is -0.467 e. The van der Waals surface area contributed by atoms with Gasteiger partial charge in [-0.15, -0.1) is 0 Å². The molecule has 0 unspecified atom stereocenters. The SMILES string of the molecule is CCC(=O)Nc1cccc([C@@H](NC(=O)OCc2ccccc2)C(=O)OC)c1. The molecule has 27 heavy (non-hydrogen) atoms. The Hall–Kier alpha value is -3.35. The topological polar surface area (TPSA) is 93.7 Å². The van der Waals surface area contributed by atoms with Crippen molar-refractivity contribution in [2.24, 2.45) is 0 Å². The third-order valence-electron chi connectivity index (χ3n) is 3.74. The maximum absolute atomic E-state index is 12.1. The summed E-state index contributed by atoms with van der Waals surface area (Å²) in [6, 6.07) is 14.8. The second-order valence-electron chi connectivity index (χ2n) is 5.69. The molecule has 1 atom stereocenters. The molecule has 142 valence electrons. The molecule has 0 aliphatic carbocycles. The highest BCUT2D eigenvalue weighted by Crippen LogP contribution is 2.19. The predicted octanol–water partition coefficient (Wildman–Crippen LogP) is 3.18. The molecule has 2 aromatic rings. The van der Waals surface area contributed by atoms with Gasteiger partial charge in [0, 0.05) is 12.1 Å². The zero-order valence-electron chi connectivity index (χ0n) is 15.2. The van der Waals surface area contributed by atoms with Crippen molar-refractivity contribution in [3.63, 3.8) is 0 Å². The zero-order valence-corrected chi connectivity index (χ0v) is 15.2. The van der Waals surface area contributed by atoms with Gasteiger partial charge < -0.3 is 20.1 Å². The lowest BCUT2D eigenvalue weighted by molar-refractivity contribution is -0.143. The number of anilines is 1. The Morgan fingerprint density at radius 3 is 2.44 bits per heavy atom.